The van der Waals surface area contributed by atoms with E-state index < -0.39 is 12.0 Å². The number of carbonyl (C=O) groups is 1. The molecule has 0 spiro atoms. The van der Waals surface area contributed by atoms with Crippen LogP contribution in [0.3, 0.4) is 0 Å². The largest absolute Gasteiger partial charge is 0.453 e. The Labute approximate surface area is 152 Å². The first kappa shape index (κ1) is 18.6. The molecule has 142 valence electrons. The highest BCUT2D eigenvalue weighted by Gasteiger charge is 2.38. The SMILES string of the molecule is CC(=O)Nc1cccc(CNc2nn3c(C(F)(F)F)nnc3c(C)c2C)c1. The van der Waals surface area contributed by atoms with E-state index in [0.29, 0.717) is 33.7 Å². The minimum Gasteiger partial charge on any atom is -0.364 e. The monoisotopic (exact) mass is 378 g/mol. The van der Waals surface area contributed by atoms with Crippen molar-refractivity contribution in [2.45, 2.75) is 33.5 Å². The van der Waals surface area contributed by atoms with Crippen molar-refractivity contribution in [1.82, 2.24) is 19.8 Å². The van der Waals surface area contributed by atoms with E-state index in [-0.39, 0.29) is 11.6 Å². The van der Waals surface area contributed by atoms with Crippen molar-refractivity contribution >= 4 is 23.1 Å². The number of benzene rings is 1. The van der Waals surface area contributed by atoms with Crippen molar-refractivity contribution in [3.05, 3.63) is 46.8 Å². The summed E-state index contributed by atoms with van der Waals surface area (Å²) in [6.07, 6.45) is -4.65. The molecule has 0 unspecified atom stereocenters. The topological polar surface area (TPSA) is 84.2 Å². The quantitative estimate of drug-likeness (QED) is 0.728. The molecule has 10 heteroatoms. The molecule has 2 heterocycles. The highest BCUT2D eigenvalue weighted by atomic mass is 19.4. The van der Waals surface area contributed by atoms with Crippen molar-refractivity contribution in [1.29, 1.82) is 0 Å². The Morgan fingerprint density at radius 3 is 2.59 bits per heavy atom. The molecular formula is C17H17F3N6O. The lowest BCUT2D eigenvalue weighted by molar-refractivity contribution is -0.146. The van der Waals surface area contributed by atoms with E-state index in [1.807, 2.05) is 6.07 Å². The second-order valence-electron chi connectivity index (χ2n) is 6.09. The number of nitrogens with one attached hydrogen (secondary N) is 2. The van der Waals surface area contributed by atoms with Crippen LogP contribution >= 0.6 is 0 Å². The number of hydrogen-bond donors (Lipinski definition) is 2. The molecule has 0 aliphatic carbocycles. The summed E-state index contributed by atoms with van der Waals surface area (Å²) in [5.74, 6) is -1.06. The summed E-state index contributed by atoms with van der Waals surface area (Å²) in [7, 11) is 0. The van der Waals surface area contributed by atoms with E-state index in [0.717, 1.165) is 5.56 Å². The van der Waals surface area contributed by atoms with Gasteiger partial charge < -0.3 is 10.6 Å². The van der Waals surface area contributed by atoms with Crippen LogP contribution in [0.1, 0.15) is 29.4 Å². The van der Waals surface area contributed by atoms with E-state index in [2.05, 4.69) is 25.9 Å². The van der Waals surface area contributed by atoms with E-state index in [1.54, 1.807) is 32.0 Å². The van der Waals surface area contributed by atoms with Gasteiger partial charge in [-0.15, -0.1) is 15.3 Å². The zero-order chi connectivity index (χ0) is 19.8. The fourth-order valence-corrected chi connectivity index (χ4v) is 2.62. The maximum absolute atomic E-state index is 13.1. The molecule has 1 amide bonds. The van der Waals surface area contributed by atoms with E-state index in [9.17, 15) is 18.0 Å². The van der Waals surface area contributed by atoms with E-state index >= 15 is 0 Å². The van der Waals surface area contributed by atoms with Gasteiger partial charge in [0.05, 0.1) is 0 Å². The fraction of sp³-hybridized carbons (Fsp3) is 0.294. The zero-order valence-corrected chi connectivity index (χ0v) is 14.8. The number of nitrogens with zero attached hydrogens (tertiary/aromatic N) is 4. The highest BCUT2D eigenvalue weighted by Crippen LogP contribution is 2.29. The van der Waals surface area contributed by atoms with Crippen LogP contribution in [-0.2, 0) is 17.5 Å². The summed E-state index contributed by atoms with van der Waals surface area (Å²) in [6.45, 7) is 5.15. The number of halogens is 3. The van der Waals surface area contributed by atoms with Gasteiger partial charge >= 0.3 is 6.18 Å². The molecule has 0 bridgehead atoms. The number of carbonyl (C=O) groups excluding carboxylic acids is 1. The Kier molecular flexibility index (Phi) is 4.73. The Balaban J connectivity index is 1.91. The fourth-order valence-electron chi connectivity index (χ4n) is 2.62. The molecule has 0 radical (unpaired) electrons. The van der Waals surface area contributed by atoms with Gasteiger partial charge in [-0.05, 0) is 37.1 Å². The van der Waals surface area contributed by atoms with Gasteiger partial charge in [0.15, 0.2) is 11.5 Å². The Bertz CT molecular complexity index is 1010. The van der Waals surface area contributed by atoms with Crippen LogP contribution in [0.5, 0.6) is 0 Å². The van der Waals surface area contributed by atoms with Crippen LogP contribution in [0.15, 0.2) is 24.3 Å². The van der Waals surface area contributed by atoms with Gasteiger partial charge in [-0.3, -0.25) is 4.79 Å². The number of alkyl halides is 3. The lowest BCUT2D eigenvalue weighted by Crippen LogP contribution is -2.15. The molecule has 7 nitrogen and oxygen atoms in total. The number of amides is 1. The average molecular weight is 378 g/mol. The normalized spacial score (nSPS) is 11.6. The molecule has 27 heavy (non-hydrogen) atoms. The lowest BCUT2D eigenvalue weighted by Gasteiger charge is -2.13. The maximum Gasteiger partial charge on any atom is 0.453 e. The summed E-state index contributed by atoms with van der Waals surface area (Å²) in [6, 6.07) is 7.13. The van der Waals surface area contributed by atoms with Gasteiger partial charge in [-0.1, -0.05) is 12.1 Å². The molecular weight excluding hydrogens is 361 g/mol. The average Bonchev–Trinajstić information content (AvgIpc) is 3.01. The molecule has 3 aromatic rings. The number of anilines is 2. The third-order valence-electron chi connectivity index (χ3n) is 4.05. The Morgan fingerprint density at radius 1 is 1.19 bits per heavy atom. The first-order valence-electron chi connectivity index (χ1n) is 8.07. The molecule has 0 aliphatic heterocycles. The molecule has 0 aliphatic rings. The summed E-state index contributed by atoms with van der Waals surface area (Å²) in [4.78, 5) is 11.2. The Morgan fingerprint density at radius 2 is 1.93 bits per heavy atom. The Hall–Kier alpha value is -3.17. The van der Waals surface area contributed by atoms with Crippen LogP contribution in [0, 0.1) is 13.8 Å². The van der Waals surface area contributed by atoms with Gasteiger partial charge in [0.2, 0.25) is 5.91 Å². The summed E-state index contributed by atoms with van der Waals surface area (Å²) in [5, 5.41) is 16.6. The van der Waals surface area contributed by atoms with Crippen molar-refractivity contribution in [3.8, 4) is 0 Å². The van der Waals surface area contributed by atoms with Crippen LogP contribution < -0.4 is 10.6 Å². The van der Waals surface area contributed by atoms with Gasteiger partial charge in [-0.2, -0.15) is 17.7 Å². The summed E-state index contributed by atoms with van der Waals surface area (Å²) >= 11 is 0. The van der Waals surface area contributed by atoms with E-state index in [4.69, 9.17) is 0 Å². The molecule has 2 aromatic heterocycles. The van der Waals surface area contributed by atoms with Crippen molar-refractivity contribution in [2.75, 3.05) is 10.6 Å². The zero-order valence-electron chi connectivity index (χ0n) is 14.8. The number of fused-ring (bicyclic) bond motifs is 1. The summed E-state index contributed by atoms with van der Waals surface area (Å²) < 4.78 is 40.0. The van der Waals surface area contributed by atoms with Gasteiger partial charge in [0.1, 0.15) is 0 Å². The summed E-state index contributed by atoms with van der Waals surface area (Å²) in [5.41, 5.74) is 2.78. The van der Waals surface area contributed by atoms with Gasteiger partial charge in [-0.25, -0.2) is 0 Å². The number of aromatic nitrogens is 4. The van der Waals surface area contributed by atoms with E-state index in [1.165, 1.54) is 6.92 Å². The second kappa shape index (κ2) is 6.86. The van der Waals surface area contributed by atoms with Crippen molar-refractivity contribution < 1.29 is 18.0 Å². The first-order chi connectivity index (χ1) is 12.7. The van der Waals surface area contributed by atoms with Crippen molar-refractivity contribution in [2.24, 2.45) is 0 Å². The molecule has 3 rings (SSSR count). The number of rotatable bonds is 4. The molecule has 2 N–H and O–H groups in total. The van der Waals surface area contributed by atoms with Crippen LogP contribution in [0.25, 0.3) is 5.65 Å². The molecule has 1 aromatic carbocycles. The van der Waals surface area contributed by atoms with Gasteiger partial charge in [0, 0.05) is 24.7 Å². The minimum absolute atomic E-state index is 0.0676. The molecule has 0 saturated heterocycles. The molecule has 0 atom stereocenters. The first-order valence-corrected chi connectivity index (χ1v) is 8.07. The van der Waals surface area contributed by atoms with Crippen LogP contribution in [0.2, 0.25) is 0 Å². The number of aryl methyl sites for hydroxylation is 1. The molecule has 0 fully saturated rings. The second-order valence-corrected chi connectivity index (χ2v) is 6.09. The maximum atomic E-state index is 13.1. The van der Waals surface area contributed by atoms with Crippen LogP contribution in [0.4, 0.5) is 24.7 Å². The predicted octanol–water partition coefficient (Wildman–Crippen LogP) is 3.33. The third kappa shape index (κ3) is 3.83. The highest BCUT2D eigenvalue weighted by molar-refractivity contribution is 5.88. The standard InChI is InChI=1S/C17H17F3N6O/c1-9-10(2)15-23-24-16(17(18,19)20)26(15)25-14(9)21-8-12-5-4-6-13(7-12)22-11(3)27/h4-7H,8H2,1-3H3,(H,21,25)(H,22,27). The third-order valence-corrected chi connectivity index (χ3v) is 4.05. The minimum atomic E-state index is -4.65. The molecule has 0 saturated carbocycles. The smallest absolute Gasteiger partial charge is 0.364 e. The number of hydrogen-bond acceptors (Lipinski definition) is 5. The van der Waals surface area contributed by atoms with Gasteiger partial charge in [0.25, 0.3) is 5.82 Å². The lowest BCUT2D eigenvalue weighted by atomic mass is 10.1. The predicted molar refractivity (Wildman–Crippen MR) is 93.3 cm³/mol. The van der Waals surface area contributed by atoms with Crippen molar-refractivity contribution in [3.63, 3.8) is 0 Å². The van der Waals surface area contributed by atoms with Crippen LogP contribution in [-0.4, -0.2) is 25.7 Å².